The highest BCUT2D eigenvalue weighted by Gasteiger charge is 2.13. The lowest BCUT2D eigenvalue weighted by Gasteiger charge is -2.09. The van der Waals surface area contributed by atoms with Gasteiger partial charge in [0.15, 0.2) is 11.5 Å². The lowest BCUT2D eigenvalue weighted by molar-refractivity contribution is 0.101. The van der Waals surface area contributed by atoms with Crippen LogP contribution in [0.1, 0.15) is 21.6 Å². The molecule has 0 bridgehead atoms. The lowest BCUT2D eigenvalue weighted by Crippen LogP contribution is -2.16. The third-order valence-corrected chi connectivity index (χ3v) is 2.61. The zero-order valence-electron chi connectivity index (χ0n) is 10.2. The molecular formula is C14H13FN2O. The fourth-order valence-electron chi connectivity index (χ4n) is 1.60. The number of aromatic nitrogens is 1. The number of amides is 1. The van der Waals surface area contributed by atoms with Gasteiger partial charge in [-0.15, -0.1) is 0 Å². The third kappa shape index (κ3) is 2.53. The van der Waals surface area contributed by atoms with Crippen LogP contribution in [0.15, 0.2) is 36.5 Å². The Hall–Kier alpha value is -2.23. The van der Waals surface area contributed by atoms with Crippen LogP contribution < -0.4 is 5.32 Å². The topological polar surface area (TPSA) is 42.0 Å². The number of aryl methyl sites for hydroxylation is 2. The van der Waals surface area contributed by atoms with E-state index >= 15 is 0 Å². The number of carbonyl (C=O) groups is 1. The van der Waals surface area contributed by atoms with Crippen LogP contribution >= 0.6 is 0 Å². The van der Waals surface area contributed by atoms with Crippen LogP contribution in [0.2, 0.25) is 0 Å². The van der Waals surface area contributed by atoms with Crippen molar-refractivity contribution in [1.82, 2.24) is 4.98 Å². The van der Waals surface area contributed by atoms with Gasteiger partial charge in [0.05, 0.1) is 0 Å². The normalized spacial score (nSPS) is 10.2. The quantitative estimate of drug-likeness (QED) is 0.882. The van der Waals surface area contributed by atoms with E-state index in [1.54, 1.807) is 0 Å². The van der Waals surface area contributed by atoms with Gasteiger partial charge in [0.25, 0.3) is 5.91 Å². The van der Waals surface area contributed by atoms with Crippen LogP contribution in [0.25, 0.3) is 0 Å². The van der Waals surface area contributed by atoms with Crippen molar-refractivity contribution in [2.75, 3.05) is 5.32 Å². The molecular weight excluding hydrogens is 231 g/mol. The van der Waals surface area contributed by atoms with E-state index < -0.39 is 11.7 Å². The molecule has 1 aromatic carbocycles. The molecule has 0 radical (unpaired) electrons. The average molecular weight is 244 g/mol. The van der Waals surface area contributed by atoms with E-state index in [4.69, 9.17) is 0 Å². The summed E-state index contributed by atoms with van der Waals surface area (Å²) in [5.41, 5.74) is 2.42. The van der Waals surface area contributed by atoms with Gasteiger partial charge in [0.1, 0.15) is 0 Å². The highest BCUT2D eigenvalue weighted by molar-refractivity contribution is 6.03. The Labute approximate surface area is 105 Å². The molecule has 92 valence electrons. The van der Waals surface area contributed by atoms with Crippen molar-refractivity contribution in [2.45, 2.75) is 13.8 Å². The molecule has 4 heteroatoms. The molecule has 0 saturated carbocycles. The largest absolute Gasteiger partial charge is 0.320 e. The van der Waals surface area contributed by atoms with Gasteiger partial charge >= 0.3 is 0 Å². The number of rotatable bonds is 2. The zero-order chi connectivity index (χ0) is 13.1. The zero-order valence-corrected chi connectivity index (χ0v) is 10.2. The Balaban J connectivity index is 2.27. The Bertz CT molecular complexity index is 596. The van der Waals surface area contributed by atoms with Crippen LogP contribution in [0, 0.1) is 19.7 Å². The molecule has 2 aromatic rings. The van der Waals surface area contributed by atoms with E-state index in [1.807, 2.05) is 32.0 Å². The number of benzene rings is 1. The van der Waals surface area contributed by atoms with Gasteiger partial charge in [-0.05, 0) is 43.2 Å². The van der Waals surface area contributed by atoms with E-state index in [0.717, 1.165) is 11.1 Å². The first kappa shape index (κ1) is 12.2. The van der Waals surface area contributed by atoms with Crippen LogP contribution in [-0.2, 0) is 0 Å². The molecule has 2 rings (SSSR count). The summed E-state index contributed by atoms with van der Waals surface area (Å²) in [5.74, 6) is -1.16. The Morgan fingerprint density at radius 2 is 2.06 bits per heavy atom. The Morgan fingerprint density at radius 3 is 2.78 bits per heavy atom. The molecule has 0 saturated heterocycles. The standard InChI is InChI=1S/C14H13FN2O/c1-9-5-6-10(2)12(8-9)17-14(18)13-11(15)4-3-7-16-13/h3-8H,1-2H3,(H,17,18). The second-order valence-electron chi connectivity index (χ2n) is 4.11. The number of carbonyl (C=O) groups excluding carboxylic acids is 1. The van der Waals surface area contributed by atoms with E-state index in [0.29, 0.717) is 5.69 Å². The molecule has 0 atom stereocenters. The molecule has 0 aliphatic heterocycles. The first-order chi connectivity index (χ1) is 8.58. The van der Waals surface area contributed by atoms with Crippen LogP contribution in [0.3, 0.4) is 0 Å². The molecule has 1 N–H and O–H groups in total. The molecule has 0 aliphatic rings. The first-order valence-electron chi connectivity index (χ1n) is 5.57. The van der Waals surface area contributed by atoms with Crippen molar-refractivity contribution >= 4 is 11.6 Å². The fourth-order valence-corrected chi connectivity index (χ4v) is 1.60. The van der Waals surface area contributed by atoms with Crippen molar-refractivity contribution in [3.63, 3.8) is 0 Å². The second kappa shape index (κ2) is 4.96. The number of halogens is 1. The summed E-state index contributed by atoms with van der Waals surface area (Å²) in [6, 6.07) is 8.36. The van der Waals surface area contributed by atoms with Gasteiger partial charge in [-0.25, -0.2) is 9.37 Å². The number of hydrogen-bond acceptors (Lipinski definition) is 2. The predicted molar refractivity (Wildman–Crippen MR) is 68.1 cm³/mol. The molecule has 1 aromatic heterocycles. The van der Waals surface area contributed by atoms with E-state index in [1.165, 1.54) is 18.3 Å². The SMILES string of the molecule is Cc1ccc(C)c(NC(=O)c2ncccc2F)c1. The molecule has 0 aliphatic carbocycles. The first-order valence-corrected chi connectivity index (χ1v) is 5.57. The fraction of sp³-hybridized carbons (Fsp3) is 0.143. The van der Waals surface area contributed by atoms with Crippen molar-refractivity contribution < 1.29 is 9.18 Å². The lowest BCUT2D eigenvalue weighted by atomic mass is 10.1. The summed E-state index contributed by atoms with van der Waals surface area (Å²) in [7, 11) is 0. The van der Waals surface area contributed by atoms with Crippen molar-refractivity contribution in [2.24, 2.45) is 0 Å². The Morgan fingerprint density at radius 1 is 1.28 bits per heavy atom. The van der Waals surface area contributed by atoms with Crippen LogP contribution in [-0.4, -0.2) is 10.9 Å². The molecule has 3 nitrogen and oxygen atoms in total. The monoisotopic (exact) mass is 244 g/mol. The van der Waals surface area contributed by atoms with Crippen LogP contribution in [0.5, 0.6) is 0 Å². The summed E-state index contributed by atoms with van der Waals surface area (Å²) >= 11 is 0. The summed E-state index contributed by atoms with van der Waals surface area (Å²) in [6.07, 6.45) is 1.39. The molecule has 1 amide bonds. The third-order valence-electron chi connectivity index (χ3n) is 2.61. The summed E-state index contributed by atoms with van der Waals surface area (Å²) < 4.78 is 13.4. The highest BCUT2D eigenvalue weighted by Crippen LogP contribution is 2.17. The van der Waals surface area contributed by atoms with Crippen molar-refractivity contribution in [1.29, 1.82) is 0 Å². The number of nitrogens with zero attached hydrogens (tertiary/aromatic N) is 1. The minimum atomic E-state index is -0.625. The number of anilines is 1. The molecule has 0 spiro atoms. The smallest absolute Gasteiger partial charge is 0.277 e. The molecule has 18 heavy (non-hydrogen) atoms. The van der Waals surface area contributed by atoms with Crippen LogP contribution in [0.4, 0.5) is 10.1 Å². The summed E-state index contributed by atoms with van der Waals surface area (Å²) in [4.78, 5) is 15.6. The van der Waals surface area contributed by atoms with E-state index in [9.17, 15) is 9.18 Å². The van der Waals surface area contributed by atoms with Crippen molar-refractivity contribution in [3.8, 4) is 0 Å². The maximum Gasteiger partial charge on any atom is 0.277 e. The van der Waals surface area contributed by atoms with Gasteiger partial charge in [-0.2, -0.15) is 0 Å². The summed E-state index contributed by atoms with van der Waals surface area (Å²) in [6.45, 7) is 3.81. The minimum absolute atomic E-state index is 0.196. The Kier molecular flexibility index (Phi) is 3.37. The van der Waals surface area contributed by atoms with E-state index in [2.05, 4.69) is 10.3 Å². The second-order valence-corrected chi connectivity index (χ2v) is 4.11. The summed E-state index contributed by atoms with van der Waals surface area (Å²) in [5, 5.41) is 2.67. The minimum Gasteiger partial charge on any atom is -0.320 e. The molecule has 1 heterocycles. The van der Waals surface area contributed by atoms with Gasteiger partial charge in [-0.1, -0.05) is 12.1 Å². The molecule has 0 fully saturated rings. The average Bonchev–Trinajstić information content (AvgIpc) is 2.34. The van der Waals surface area contributed by atoms with Gasteiger partial charge in [0, 0.05) is 11.9 Å². The molecule has 0 unspecified atom stereocenters. The highest BCUT2D eigenvalue weighted by atomic mass is 19.1. The maximum absolute atomic E-state index is 13.4. The number of nitrogens with one attached hydrogen (secondary N) is 1. The van der Waals surface area contributed by atoms with E-state index in [-0.39, 0.29) is 5.69 Å². The number of hydrogen-bond donors (Lipinski definition) is 1. The maximum atomic E-state index is 13.4. The van der Waals surface area contributed by atoms with Gasteiger partial charge in [0.2, 0.25) is 0 Å². The van der Waals surface area contributed by atoms with Gasteiger partial charge in [-0.3, -0.25) is 4.79 Å². The van der Waals surface area contributed by atoms with Crippen molar-refractivity contribution in [3.05, 3.63) is 59.2 Å². The van der Waals surface area contributed by atoms with Gasteiger partial charge < -0.3 is 5.32 Å². The predicted octanol–water partition coefficient (Wildman–Crippen LogP) is 3.09. The number of pyridine rings is 1.